The summed E-state index contributed by atoms with van der Waals surface area (Å²) in [6.07, 6.45) is -6.16. The minimum absolute atomic E-state index is 0.547. The van der Waals surface area contributed by atoms with Gasteiger partial charge in [-0.05, 0) is 19.1 Å². The second kappa shape index (κ2) is 5.80. The first-order valence-corrected chi connectivity index (χ1v) is 6.89. The molecule has 1 aromatic carbocycles. The summed E-state index contributed by atoms with van der Waals surface area (Å²) in [4.78, 5) is 9.97. The number of hydrogen-bond donors (Lipinski definition) is 1. The third-order valence-electron chi connectivity index (χ3n) is 2.42. The van der Waals surface area contributed by atoms with Crippen LogP contribution in [-0.2, 0) is 14.8 Å². The zero-order chi connectivity index (χ0) is 15.6. The molecule has 0 radical (unpaired) electrons. The second-order valence-corrected chi connectivity index (χ2v) is 5.84. The van der Waals surface area contributed by atoms with Crippen molar-refractivity contribution in [3.63, 3.8) is 0 Å². The first-order chi connectivity index (χ1) is 9.06. The van der Waals surface area contributed by atoms with Crippen LogP contribution in [0.3, 0.4) is 0 Å². The fraction of sp³-hybridized carbons (Fsp3) is 0.364. The maximum absolute atomic E-state index is 13.0. The van der Waals surface area contributed by atoms with Crippen molar-refractivity contribution in [2.75, 3.05) is 0 Å². The van der Waals surface area contributed by atoms with Crippen LogP contribution in [0.1, 0.15) is 13.3 Å². The highest BCUT2D eigenvalue weighted by molar-refractivity contribution is 7.89. The van der Waals surface area contributed by atoms with Crippen LogP contribution in [0.2, 0.25) is 0 Å². The van der Waals surface area contributed by atoms with Gasteiger partial charge in [-0.3, -0.25) is 4.79 Å². The summed E-state index contributed by atoms with van der Waals surface area (Å²) < 4.78 is 62.2. The summed E-state index contributed by atoms with van der Waals surface area (Å²) in [6.45, 7) is 0.891. The predicted molar refractivity (Wildman–Crippen MR) is 63.2 cm³/mol. The fourth-order valence-electron chi connectivity index (χ4n) is 1.66. The first kappa shape index (κ1) is 16.4. The molecule has 1 atom stereocenters. The van der Waals surface area contributed by atoms with E-state index in [2.05, 4.69) is 0 Å². The van der Waals surface area contributed by atoms with E-state index in [-0.39, 0.29) is 0 Å². The Labute approximate surface area is 113 Å². The predicted octanol–water partition coefficient (Wildman–Crippen LogP) is 2.06. The van der Waals surface area contributed by atoms with E-state index in [4.69, 9.17) is 5.11 Å². The van der Waals surface area contributed by atoms with Crippen molar-refractivity contribution in [2.24, 2.45) is 0 Å². The van der Waals surface area contributed by atoms with Gasteiger partial charge in [0.05, 0.1) is 11.3 Å². The monoisotopic (exact) mass is 311 g/mol. The van der Waals surface area contributed by atoms with Crippen LogP contribution in [0, 0.1) is 0 Å². The molecule has 1 aromatic rings. The van der Waals surface area contributed by atoms with Crippen LogP contribution in [0.15, 0.2) is 35.2 Å². The highest BCUT2D eigenvalue weighted by Gasteiger charge is 2.49. The number of carboxylic acids is 1. The van der Waals surface area contributed by atoms with Gasteiger partial charge < -0.3 is 5.11 Å². The molecule has 0 aliphatic rings. The van der Waals surface area contributed by atoms with Crippen molar-refractivity contribution >= 4 is 16.0 Å². The second-order valence-electron chi connectivity index (χ2n) is 4.03. The normalized spacial score (nSPS) is 14.2. The minimum atomic E-state index is -5.20. The summed E-state index contributed by atoms with van der Waals surface area (Å²) in [7, 11) is -4.86. The highest BCUT2D eigenvalue weighted by atomic mass is 32.2. The highest BCUT2D eigenvalue weighted by Crippen LogP contribution is 2.32. The summed E-state index contributed by atoms with van der Waals surface area (Å²) >= 11 is 0. The smallest absolute Gasteiger partial charge is 0.473 e. The van der Waals surface area contributed by atoms with E-state index < -0.39 is 44.0 Å². The lowest BCUT2D eigenvalue weighted by Crippen LogP contribution is -2.48. The molecule has 0 saturated heterocycles. The SMILES string of the molecule is CC(CC(=O)O)N(C(F)(F)F)S(=O)(=O)c1ccccc1. The van der Waals surface area contributed by atoms with Gasteiger partial charge >= 0.3 is 12.3 Å². The Hall–Kier alpha value is -1.61. The third kappa shape index (κ3) is 3.70. The van der Waals surface area contributed by atoms with Crippen molar-refractivity contribution in [1.82, 2.24) is 4.31 Å². The van der Waals surface area contributed by atoms with Gasteiger partial charge in [-0.1, -0.05) is 18.2 Å². The number of carboxylic acid groups (broad SMARTS) is 1. The number of hydrogen-bond acceptors (Lipinski definition) is 3. The molecule has 5 nitrogen and oxygen atoms in total. The van der Waals surface area contributed by atoms with E-state index in [9.17, 15) is 26.4 Å². The Bertz CT molecular complexity index is 571. The molecular formula is C11H12F3NO4S. The molecule has 0 aliphatic carbocycles. The molecule has 0 aliphatic heterocycles. The van der Waals surface area contributed by atoms with Gasteiger partial charge in [0.25, 0.3) is 0 Å². The standard InChI is InChI=1S/C11H12F3NO4S/c1-8(7-10(16)17)15(11(12,13)14)20(18,19)9-5-3-2-4-6-9/h2-6,8H,7H2,1H3,(H,16,17). The fourth-order valence-corrected chi connectivity index (χ4v) is 3.21. The van der Waals surface area contributed by atoms with Crippen LogP contribution < -0.4 is 0 Å². The van der Waals surface area contributed by atoms with Crippen molar-refractivity contribution in [3.05, 3.63) is 30.3 Å². The van der Waals surface area contributed by atoms with Gasteiger partial charge in [-0.25, -0.2) is 8.42 Å². The lowest BCUT2D eigenvalue weighted by Gasteiger charge is -2.29. The molecule has 0 fully saturated rings. The molecule has 1 N–H and O–H groups in total. The third-order valence-corrected chi connectivity index (χ3v) is 4.37. The Morgan fingerprint density at radius 1 is 1.30 bits per heavy atom. The Morgan fingerprint density at radius 3 is 2.20 bits per heavy atom. The quantitative estimate of drug-likeness (QED) is 0.845. The van der Waals surface area contributed by atoms with Crippen LogP contribution in [0.5, 0.6) is 0 Å². The van der Waals surface area contributed by atoms with E-state index in [1.54, 1.807) is 0 Å². The molecule has 1 rings (SSSR count). The number of benzene rings is 1. The van der Waals surface area contributed by atoms with E-state index >= 15 is 0 Å². The summed E-state index contributed by atoms with van der Waals surface area (Å²) in [5.74, 6) is -1.52. The number of nitrogens with zero attached hydrogens (tertiary/aromatic N) is 1. The Kier molecular flexibility index (Phi) is 4.77. The van der Waals surface area contributed by atoms with Gasteiger partial charge in [0.1, 0.15) is 0 Å². The van der Waals surface area contributed by atoms with Crippen LogP contribution in [-0.4, -0.2) is 36.1 Å². The van der Waals surface area contributed by atoms with Crippen molar-refractivity contribution in [2.45, 2.75) is 30.6 Å². The molecule has 0 spiro atoms. The number of alkyl halides is 3. The van der Waals surface area contributed by atoms with Crippen LogP contribution >= 0.6 is 0 Å². The summed E-state index contributed by atoms with van der Waals surface area (Å²) in [6, 6.07) is 4.30. The Morgan fingerprint density at radius 2 is 1.80 bits per heavy atom. The number of sulfonamides is 1. The summed E-state index contributed by atoms with van der Waals surface area (Å²) in [5, 5.41) is 8.55. The van der Waals surface area contributed by atoms with Gasteiger partial charge in [0, 0.05) is 6.04 Å². The molecule has 9 heteroatoms. The number of aliphatic carboxylic acids is 1. The minimum Gasteiger partial charge on any atom is -0.481 e. The largest absolute Gasteiger partial charge is 0.481 e. The first-order valence-electron chi connectivity index (χ1n) is 5.45. The zero-order valence-corrected chi connectivity index (χ0v) is 11.1. The van der Waals surface area contributed by atoms with E-state index in [1.807, 2.05) is 0 Å². The molecule has 0 amide bonds. The molecule has 0 bridgehead atoms. The molecule has 0 aromatic heterocycles. The molecule has 0 saturated carbocycles. The van der Waals surface area contributed by atoms with Crippen LogP contribution in [0.4, 0.5) is 13.2 Å². The zero-order valence-electron chi connectivity index (χ0n) is 10.3. The molecule has 112 valence electrons. The van der Waals surface area contributed by atoms with Crippen molar-refractivity contribution in [1.29, 1.82) is 0 Å². The lowest BCUT2D eigenvalue weighted by molar-refractivity contribution is -0.220. The van der Waals surface area contributed by atoms with Gasteiger partial charge in [0.2, 0.25) is 10.0 Å². The number of carbonyl (C=O) groups is 1. The Balaban J connectivity index is 3.28. The maximum atomic E-state index is 13.0. The van der Waals surface area contributed by atoms with Crippen LogP contribution in [0.25, 0.3) is 0 Å². The van der Waals surface area contributed by atoms with Gasteiger partial charge in [0.15, 0.2) is 0 Å². The lowest BCUT2D eigenvalue weighted by atomic mass is 10.2. The average Bonchev–Trinajstić information content (AvgIpc) is 2.26. The molecule has 1 unspecified atom stereocenters. The number of halogens is 3. The maximum Gasteiger partial charge on any atom is 0.473 e. The van der Waals surface area contributed by atoms with Gasteiger partial charge in [-0.15, -0.1) is 4.31 Å². The summed E-state index contributed by atoms with van der Waals surface area (Å²) in [5.41, 5.74) is 0. The van der Waals surface area contributed by atoms with E-state index in [1.165, 1.54) is 18.2 Å². The van der Waals surface area contributed by atoms with Crippen molar-refractivity contribution < 1.29 is 31.5 Å². The van der Waals surface area contributed by atoms with E-state index in [0.29, 0.717) is 0 Å². The van der Waals surface area contributed by atoms with Crippen molar-refractivity contribution in [3.8, 4) is 0 Å². The number of rotatable bonds is 5. The van der Waals surface area contributed by atoms with E-state index in [0.717, 1.165) is 19.1 Å². The van der Waals surface area contributed by atoms with Gasteiger partial charge in [-0.2, -0.15) is 13.2 Å². The average molecular weight is 311 g/mol. The topological polar surface area (TPSA) is 74.7 Å². The molecule has 20 heavy (non-hydrogen) atoms. The molecule has 0 heterocycles. The molecular weight excluding hydrogens is 299 g/mol.